The number of nitrogens with zero attached hydrogens (tertiary/aromatic N) is 1. The molecular formula is C12H16FN3OS. The van der Waals surface area contributed by atoms with E-state index in [9.17, 15) is 9.18 Å². The fourth-order valence-electron chi connectivity index (χ4n) is 1.41. The minimum absolute atomic E-state index is 0.163. The molecule has 3 N–H and O–H groups in total. The van der Waals surface area contributed by atoms with Crippen molar-refractivity contribution in [1.29, 1.82) is 0 Å². The highest BCUT2D eigenvalue weighted by Crippen LogP contribution is 2.13. The van der Waals surface area contributed by atoms with Crippen molar-refractivity contribution in [3.05, 3.63) is 30.1 Å². The fraction of sp³-hybridized carbons (Fsp3) is 0.333. The number of rotatable bonds is 5. The van der Waals surface area contributed by atoms with E-state index in [1.165, 1.54) is 17.0 Å². The van der Waals surface area contributed by atoms with E-state index in [4.69, 9.17) is 18.0 Å². The third-order valence-electron chi connectivity index (χ3n) is 2.41. The molecule has 0 heterocycles. The van der Waals surface area contributed by atoms with Gasteiger partial charge in [0.15, 0.2) is 0 Å². The molecule has 4 nitrogen and oxygen atoms in total. The lowest BCUT2D eigenvalue weighted by molar-refractivity contribution is 0.216. The number of thiocarbonyl (C=S) groups is 1. The van der Waals surface area contributed by atoms with Crippen molar-refractivity contribution in [2.45, 2.75) is 13.3 Å². The summed E-state index contributed by atoms with van der Waals surface area (Å²) < 4.78 is 13.4. The molecule has 0 aliphatic carbocycles. The van der Waals surface area contributed by atoms with Crippen molar-refractivity contribution >= 4 is 28.9 Å². The second-order valence-electron chi connectivity index (χ2n) is 3.71. The van der Waals surface area contributed by atoms with Crippen molar-refractivity contribution < 1.29 is 9.18 Å². The average Bonchev–Trinajstić information content (AvgIpc) is 2.32. The van der Waals surface area contributed by atoms with Gasteiger partial charge in [-0.3, -0.25) is 0 Å². The van der Waals surface area contributed by atoms with Gasteiger partial charge in [0.2, 0.25) is 0 Å². The predicted molar refractivity (Wildman–Crippen MR) is 74.1 cm³/mol. The summed E-state index contributed by atoms with van der Waals surface area (Å²) in [5, 5.41) is 2.51. The first-order chi connectivity index (χ1) is 8.54. The number of hydrogen-bond acceptors (Lipinski definition) is 2. The topological polar surface area (TPSA) is 58.4 Å². The van der Waals surface area contributed by atoms with Crippen LogP contribution >= 0.6 is 12.2 Å². The van der Waals surface area contributed by atoms with Crippen molar-refractivity contribution in [3.8, 4) is 0 Å². The maximum Gasteiger partial charge on any atom is 0.321 e. The lowest BCUT2D eigenvalue weighted by Crippen LogP contribution is -2.37. The number of urea groups is 1. The van der Waals surface area contributed by atoms with Gasteiger partial charge >= 0.3 is 6.03 Å². The van der Waals surface area contributed by atoms with Crippen molar-refractivity contribution in [2.75, 3.05) is 18.4 Å². The van der Waals surface area contributed by atoms with Gasteiger partial charge in [-0.05, 0) is 19.1 Å². The van der Waals surface area contributed by atoms with E-state index < -0.39 is 5.82 Å². The molecular weight excluding hydrogens is 253 g/mol. The zero-order chi connectivity index (χ0) is 13.5. The summed E-state index contributed by atoms with van der Waals surface area (Å²) in [5.74, 6) is -0.462. The van der Waals surface area contributed by atoms with Crippen LogP contribution in [0.2, 0.25) is 0 Å². The number of amides is 2. The Balaban J connectivity index is 2.62. The number of carbonyl (C=O) groups is 1. The molecule has 0 aromatic heterocycles. The molecule has 6 heteroatoms. The summed E-state index contributed by atoms with van der Waals surface area (Å²) in [6.45, 7) is 2.76. The number of hydrogen-bond donors (Lipinski definition) is 2. The molecule has 0 fully saturated rings. The van der Waals surface area contributed by atoms with Crippen LogP contribution in [0.25, 0.3) is 0 Å². The van der Waals surface area contributed by atoms with Crippen LogP contribution in [0.1, 0.15) is 13.3 Å². The molecule has 98 valence electrons. The first-order valence-electron chi connectivity index (χ1n) is 5.63. The van der Waals surface area contributed by atoms with Crippen LogP contribution in [0, 0.1) is 5.82 Å². The monoisotopic (exact) mass is 269 g/mol. The standard InChI is InChI=1S/C12H16FN3OS/c1-2-16(8-7-11(14)18)12(17)15-10-6-4-3-5-9(10)13/h3-6H,2,7-8H2,1H3,(H2,14,18)(H,15,17). The molecule has 0 unspecified atom stereocenters. The van der Waals surface area contributed by atoms with E-state index in [-0.39, 0.29) is 11.7 Å². The summed E-state index contributed by atoms with van der Waals surface area (Å²) in [7, 11) is 0. The van der Waals surface area contributed by atoms with Crippen LogP contribution in [-0.2, 0) is 0 Å². The Hall–Kier alpha value is -1.69. The summed E-state index contributed by atoms with van der Waals surface area (Å²) in [4.78, 5) is 13.7. The lowest BCUT2D eigenvalue weighted by atomic mass is 10.3. The lowest BCUT2D eigenvalue weighted by Gasteiger charge is -2.21. The SMILES string of the molecule is CCN(CCC(N)=S)C(=O)Nc1ccccc1F. The molecule has 0 saturated heterocycles. The number of carbonyl (C=O) groups excluding carboxylic acids is 1. The van der Waals surface area contributed by atoms with Crippen LogP contribution in [-0.4, -0.2) is 29.0 Å². The Morgan fingerprint density at radius 2 is 2.17 bits per heavy atom. The number of anilines is 1. The van der Waals surface area contributed by atoms with Gasteiger partial charge in [0.25, 0.3) is 0 Å². The number of nitrogens with two attached hydrogens (primary N) is 1. The number of benzene rings is 1. The first kappa shape index (κ1) is 14.4. The summed E-state index contributed by atoms with van der Waals surface area (Å²) in [6.07, 6.45) is 0.452. The van der Waals surface area contributed by atoms with E-state index in [0.29, 0.717) is 24.5 Å². The average molecular weight is 269 g/mol. The van der Waals surface area contributed by atoms with Crippen molar-refractivity contribution in [1.82, 2.24) is 4.90 Å². The Morgan fingerprint density at radius 1 is 1.50 bits per heavy atom. The summed E-state index contributed by atoms with van der Waals surface area (Å²) in [5.41, 5.74) is 5.55. The Kier molecular flexibility index (Phi) is 5.51. The molecule has 1 aromatic carbocycles. The maximum atomic E-state index is 13.4. The van der Waals surface area contributed by atoms with E-state index in [1.54, 1.807) is 12.1 Å². The highest BCUT2D eigenvalue weighted by atomic mass is 32.1. The molecule has 0 radical (unpaired) electrons. The van der Waals surface area contributed by atoms with Crippen LogP contribution in [0.5, 0.6) is 0 Å². The molecule has 1 aromatic rings. The molecule has 1 rings (SSSR count). The normalized spacial score (nSPS) is 9.89. The number of halogens is 1. The largest absolute Gasteiger partial charge is 0.393 e. The Labute approximate surface area is 111 Å². The van der Waals surface area contributed by atoms with Crippen LogP contribution in [0.3, 0.4) is 0 Å². The smallest absolute Gasteiger partial charge is 0.321 e. The number of nitrogens with one attached hydrogen (secondary N) is 1. The van der Waals surface area contributed by atoms with Gasteiger partial charge in [-0.15, -0.1) is 0 Å². The highest BCUT2D eigenvalue weighted by molar-refractivity contribution is 7.80. The van der Waals surface area contributed by atoms with Crippen LogP contribution in [0.15, 0.2) is 24.3 Å². The zero-order valence-electron chi connectivity index (χ0n) is 10.1. The van der Waals surface area contributed by atoms with E-state index in [0.717, 1.165) is 0 Å². The Morgan fingerprint density at radius 3 is 2.72 bits per heavy atom. The second-order valence-corrected chi connectivity index (χ2v) is 4.23. The van der Waals surface area contributed by atoms with Gasteiger partial charge in [0.1, 0.15) is 5.82 Å². The maximum absolute atomic E-state index is 13.4. The Bertz CT molecular complexity index is 439. The van der Waals surface area contributed by atoms with Gasteiger partial charge in [-0.25, -0.2) is 9.18 Å². The van der Waals surface area contributed by atoms with Gasteiger partial charge in [-0.1, -0.05) is 24.4 Å². The molecule has 0 bridgehead atoms. The molecule has 18 heavy (non-hydrogen) atoms. The molecule has 2 amide bonds. The minimum atomic E-state index is -0.462. The summed E-state index contributed by atoms with van der Waals surface area (Å²) >= 11 is 4.76. The molecule has 0 atom stereocenters. The van der Waals surface area contributed by atoms with Crippen molar-refractivity contribution in [2.24, 2.45) is 5.73 Å². The third kappa shape index (κ3) is 4.29. The molecule has 0 aliphatic heterocycles. The minimum Gasteiger partial charge on any atom is -0.393 e. The van der Waals surface area contributed by atoms with Gasteiger partial charge in [0, 0.05) is 19.5 Å². The first-order valence-corrected chi connectivity index (χ1v) is 6.04. The zero-order valence-corrected chi connectivity index (χ0v) is 11.0. The van der Waals surface area contributed by atoms with E-state index in [1.807, 2.05) is 6.92 Å². The molecule has 0 spiro atoms. The summed E-state index contributed by atoms with van der Waals surface area (Å²) in [6, 6.07) is 5.66. The molecule has 0 aliphatic rings. The van der Waals surface area contributed by atoms with Crippen LogP contribution in [0.4, 0.5) is 14.9 Å². The van der Waals surface area contributed by atoms with Gasteiger partial charge in [0.05, 0.1) is 10.7 Å². The van der Waals surface area contributed by atoms with E-state index in [2.05, 4.69) is 5.32 Å². The van der Waals surface area contributed by atoms with Gasteiger partial charge in [-0.2, -0.15) is 0 Å². The highest BCUT2D eigenvalue weighted by Gasteiger charge is 2.13. The van der Waals surface area contributed by atoms with E-state index >= 15 is 0 Å². The second kappa shape index (κ2) is 6.90. The fourth-order valence-corrected chi connectivity index (χ4v) is 1.50. The quantitative estimate of drug-likeness (QED) is 0.807. The molecule has 0 saturated carbocycles. The number of para-hydroxylation sites is 1. The van der Waals surface area contributed by atoms with Crippen molar-refractivity contribution in [3.63, 3.8) is 0 Å². The predicted octanol–water partition coefficient (Wildman–Crippen LogP) is 2.36. The third-order valence-corrected chi connectivity index (χ3v) is 2.62. The van der Waals surface area contributed by atoms with Gasteiger partial charge < -0.3 is 16.0 Å². The van der Waals surface area contributed by atoms with Crippen LogP contribution < -0.4 is 11.1 Å².